The van der Waals surface area contributed by atoms with Gasteiger partial charge in [-0.15, -0.1) is 0 Å². The second-order valence-corrected chi connectivity index (χ2v) is 9.51. The van der Waals surface area contributed by atoms with Crippen LogP contribution in [-0.2, 0) is 4.74 Å². The number of methoxy groups -OCH3 is 1. The van der Waals surface area contributed by atoms with E-state index in [2.05, 4.69) is 25.7 Å². The summed E-state index contributed by atoms with van der Waals surface area (Å²) in [7, 11) is 1.81. The molecule has 0 aromatic carbocycles. The molecule has 0 aromatic heterocycles. The Labute approximate surface area is 91.0 Å². The Morgan fingerprint density at radius 3 is 1.85 bits per heavy atom. The average Bonchev–Trinajstić information content (AvgIpc) is 2.18. The molecule has 0 saturated carbocycles. The molecule has 0 aliphatic carbocycles. The summed E-state index contributed by atoms with van der Waals surface area (Å²) in [6.07, 6.45) is 0. The van der Waals surface area contributed by atoms with E-state index in [0.717, 1.165) is 6.61 Å². The van der Waals surface area contributed by atoms with Gasteiger partial charge >= 0.3 is 91.0 Å². The van der Waals surface area contributed by atoms with E-state index in [9.17, 15) is 0 Å². The van der Waals surface area contributed by atoms with Gasteiger partial charge in [-0.25, -0.2) is 0 Å². The zero-order valence-electron chi connectivity index (χ0n) is 9.77. The van der Waals surface area contributed by atoms with Gasteiger partial charge < -0.3 is 0 Å². The van der Waals surface area contributed by atoms with E-state index in [-0.39, 0.29) is 0 Å². The van der Waals surface area contributed by atoms with Gasteiger partial charge in [0.15, 0.2) is 0 Å². The van der Waals surface area contributed by atoms with E-state index in [0.29, 0.717) is 0 Å². The molecule has 0 fully saturated rings. The van der Waals surface area contributed by atoms with Crippen LogP contribution in [0.25, 0.3) is 0 Å². The predicted octanol–water partition coefficient (Wildman–Crippen LogP) is 2.56. The molecule has 0 bridgehead atoms. The van der Waals surface area contributed by atoms with Gasteiger partial charge in [0.1, 0.15) is 0 Å². The standard InChI is InChI=1S/C10H25INO/c1-6-12(7-2,8-3)11(4)9-10-13-5/h6-10H2,1-5H3/q+1. The van der Waals surface area contributed by atoms with Crippen LogP contribution >= 0.6 is 20.1 Å². The molecule has 0 heterocycles. The molecule has 82 valence electrons. The van der Waals surface area contributed by atoms with E-state index in [1.54, 1.807) is 0 Å². The second-order valence-electron chi connectivity index (χ2n) is 3.22. The molecule has 0 spiro atoms. The number of ether oxygens (including phenoxy) is 1. The van der Waals surface area contributed by atoms with Crippen LogP contribution < -0.4 is 0 Å². The Kier molecular flexibility index (Phi) is 7.36. The molecule has 3 heteroatoms. The first-order valence-electron chi connectivity index (χ1n) is 5.08. The SMILES string of the molecule is CC[N+](CC)(CC)I(C)CCOC. The fraction of sp³-hybridized carbons (Fsp3) is 1.00. The molecule has 0 amide bonds. The van der Waals surface area contributed by atoms with Gasteiger partial charge in [-0.05, 0) is 0 Å². The summed E-state index contributed by atoms with van der Waals surface area (Å²) in [4.78, 5) is 2.50. The summed E-state index contributed by atoms with van der Waals surface area (Å²) < 4.78 is 7.88. The molecule has 0 N–H and O–H groups in total. The Bertz CT molecular complexity index is 118. The monoisotopic (exact) mass is 302 g/mol. The van der Waals surface area contributed by atoms with E-state index in [4.69, 9.17) is 4.74 Å². The van der Waals surface area contributed by atoms with E-state index < -0.39 is 20.1 Å². The van der Waals surface area contributed by atoms with Gasteiger partial charge in [0, 0.05) is 0 Å². The minimum atomic E-state index is -0.835. The van der Waals surface area contributed by atoms with Crippen molar-refractivity contribution in [3.8, 4) is 0 Å². The van der Waals surface area contributed by atoms with Crippen molar-refractivity contribution in [3.63, 3.8) is 0 Å². The van der Waals surface area contributed by atoms with Crippen molar-refractivity contribution in [1.29, 1.82) is 0 Å². The molecule has 0 saturated heterocycles. The van der Waals surface area contributed by atoms with Crippen LogP contribution in [0.2, 0.25) is 0 Å². The van der Waals surface area contributed by atoms with Crippen molar-refractivity contribution in [3.05, 3.63) is 0 Å². The maximum absolute atomic E-state index is 5.17. The molecule has 0 radical (unpaired) electrons. The molecule has 0 unspecified atom stereocenters. The number of hydrogen-bond donors (Lipinski definition) is 0. The number of quaternary nitrogens is 1. The Morgan fingerprint density at radius 1 is 1.08 bits per heavy atom. The number of alkyl halides is 2. The Hall–Kier alpha value is 0.650. The van der Waals surface area contributed by atoms with Crippen molar-refractivity contribution in [1.82, 2.24) is 0 Å². The zero-order valence-corrected chi connectivity index (χ0v) is 11.9. The van der Waals surface area contributed by atoms with E-state index >= 15 is 0 Å². The molecular formula is C10H25INO+. The van der Waals surface area contributed by atoms with Crippen LogP contribution in [0.5, 0.6) is 0 Å². The fourth-order valence-electron chi connectivity index (χ4n) is 1.65. The molecule has 13 heavy (non-hydrogen) atoms. The number of rotatable bonds is 7. The van der Waals surface area contributed by atoms with Crippen molar-refractivity contribution in [2.24, 2.45) is 0 Å². The molecule has 0 aromatic rings. The first-order valence-corrected chi connectivity index (χ1v) is 9.73. The van der Waals surface area contributed by atoms with Crippen LogP contribution in [0.4, 0.5) is 0 Å². The average molecular weight is 302 g/mol. The van der Waals surface area contributed by atoms with Crippen molar-refractivity contribution in [2.75, 3.05) is 42.7 Å². The van der Waals surface area contributed by atoms with Crippen LogP contribution in [0.1, 0.15) is 20.8 Å². The van der Waals surface area contributed by atoms with Crippen LogP contribution in [0, 0.1) is 0 Å². The molecule has 0 atom stereocenters. The molecule has 0 aliphatic heterocycles. The molecule has 0 rings (SSSR count). The third-order valence-corrected chi connectivity index (χ3v) is 10.4. The molecule has 2 nitrogen and oxygen atoms in total. The topological polar surface area (TPSA) is 9.23 Å². The summed E-state index contributed by atoms with van der Waals surface area (Å²) >= 11 is -0.835. The normalized spacial score (nSPS) is 13.2. The second kappa shape index (κ2) is 7.01. The van der Waals surface area contributed by atoms with Gasteiger partial charge in [0.25, 0.3) is 0 Å². The molecular weight excluding hydrogens is 277 g/mol. The fourth-order valence-corrected chi connectivity index (χ4v) is 7.25. The van der Waals surface area contributed by atoms with E-state index in [1.165, 1.54) is 26.8 Å². The summed E-state index contributed by atoms with van der Waals surface area (Å²) in [6.45, 7) is 11.9. The minimum absolute atomic E-state index is 0.835. The molecule has 0 aliphatic rings. The maximum atomic E-state index is 5.17. The summed E-state index contributed by atoms with van der Waals surface area (Å²) in [5.74, 6) is 0. The Morgan fingerprint density at radius 2 is 1.54 bits per heavy atom. The van der Waals surface area contributed by atoms with Gasteiger partial charge in [-0.2, -0.15) is 0 Å². The summed E-state index contributed by atoms with van der Waals surface area (Å²) in [5.41, 5.74) is 0. The van der Waals surface area contributed by atoms with Gasteiger partial charge in [-0.1, -0.05) is 0 Å². The van der Waals surface area contributed by atoms with Crippen molar-refractivity contribution >= 4 is 20.1 Å². The first-order chi connectivity index (χ1) is 6.16. The van der Waals surface area contributed by atoms with Crippen LogP contribution in [-0.4, -0.2) is 45.4 Å². The van der Waals surface area contributed by atoms with E-state index in [1.807, 2.05) is 7.11 Å². The van der Waals surface area contributed by atoms with Crippen LogP contribution in [0.15, 0.2) is 0 Å². The quantitative estimate of drug-likeness (QED) is 0.399. The van der Waals surface area contributed by atoms with Crippen molar-refractivity contribution in [2.45, 2.75) is 20.8 Å². The predicted molar refractivity (Wildman–Crippen MR) is 68.6 cm³/mol. The third-order valence-electron chi connectivity index (χ3n) is 2.87. The Balaban J connectivity index is 4.17. The van der Waals surface area contributed by atoms with Gasteiger partial charge in [0.05, 0.1) is 0 Å². The number of hydrogen-bond acceptors (Lipinski definition) is 1. The van der Waals surface area contributed by atoms with Gasteiger partial charge in [-0.3, -0.25) is 0 Å². The summed E-state index contributed by atoms with van der Waals surface area (Å²) in [6, 6.07) is 0. The number of halogens is 1. The summed E-state index contributed by atoms with van der Waals surface area (Å²) in [5, 5.41) is 0. The third kappa shape index (κ3) is 3.72. The zero-order chi connectivity index (χ0) is 10.3. The number of nitrogens with zero attached hydrogens (tertiary/aromatic N) is 1. The van der Waals surface area contributed by atoms with Crippen molar-refractivity contribution < 1.29 is 7.43 Å². The van der Waals surface area contributed by atoms with Crippen LogP contribution in [0.3, 0.4) is 0 Å². The first kappa shape index (κ1) is 13.7. The van der Waals surface area contributed by atoms with Gasteiger partial charge in [0.2, 0.25) is 0 Å².